The minimum Gasteiger partial charge on any atom is -0.425 e. The van der Waals surface area contributed by atoms with Crippen molar-refractivity contribution in [3.63, 3.8) is 0 Å². The number of esters is 1. The van der Waals surface area contributed by atoms with Crippen LogP contribution in [0.15, 0.2) is 22.8 Å². The second-order valence-electron chi connectivity index (χ2n) is 8.37. The lowest BCUT2D eigenvalue weighted by molar-refractivity contribution is -0.231. The van der Waals surface area contributed by atoms with Gasteiger partial charge >= 0.3 is 5.97 Å². The number of allylic oxidation sites excluding steroid dienone is 2. The van der Waals surface area contributed by atoms with Crippen LogP contribution in [0.3, 0.4) is 0 Å². The minimum absolute atomic E-state index is 0.204. The van der Waals surface area contributed by atoms with Gasteiger partial charge in [-0.05, 0) is 56.3 Å². The highest BCUT2D eigenvalue weighted by atomic mass is 16.7. The molecule has 3 heteroatoms. The van der Waals surface area contributed by atoms with Crippen LogP contribution in [-0.2, 0) is 9.53 Å². The molecular formula is C19H26O3. The Kier molecular flexibility index (Phi) is 2.80. The van der Waals surface area contributed by atoms with Crippen molar-refractivity contribution in [2.75, 3.05) is 0 Å². The number of rotatable bonds is 0. The molecule has 3 nitrogen and oxygen atoms in total. The molecule has 4 aliphatic rings. The smallest absolute Gasteiger partial charge is 0.337 e. The summed E-state index contributed by atoms with van der Waals surface area (Å²) in [5, 5.41) is 11.6. The van der Waals surface area contributed by atoms with Crippen molar-refractivity contribution >= 4 is 5.97 Å². The molecule has 4 rings (SSSR count). The lowest BCUT2D eigenvalue weighted by Crippen LogP contribution is -2.51. The van der Waals surface area contributed by atoms with Gasteiger partial charge in [-0.3, -0.25) is 0 Å². The lowest BCUT2D eigenvalue weighted by Gasteiger charge is -2.43. The molecule has 1 saturated carbocycles. The van der Waals surface area contributed by atoms with E-state index in [-0.39, 0.29) is 17.8 Å². The Bertz CT molecular complexity index is 616. The molecule has 0 bridgehead atoms. The largest absolute Gasteiger partial charge is 0.425 e. The molecule has 0 aromatic heterocycles. The first-order chi connectivity index (χ1) is 10.3. The molecule has 0 unspecified atom stereocenters. The Morgan fingerprint density at radius 1 is 1.32 bits per heavy atom. The molecule has 0 spiro atoms. The van der Waals surface area contributed by atoms with Gasteiger partial charge in [0.05, 0.1) is 0 Å². The van der Waals surface area contributed by atoms with Crippen molar-refractivity contribution < 1.29 is 14.6 Å². The van der Waals surface area contributed by atoms with Crippen LogP contribution in [-0.4, -0.2) is 16.9 Å². The Balaban J connectivity index is 1.95. The first-order valence-electron chi connectivity index (χ1n) is 8.65. The number of aliphatic hydroxyl groups is 1. The minimum atomic E-state index is -1.40. The van der Waals surface area contributed by atoms with E-state index in [1.165, 1.54) is 5.57 Å². The maximum absolute atomic E-state index is 12.5. The number of carbonyl (C=O) groups is 1. The number of hydrogen-bond donors (Lipinski definition) is 1. The van der Waals surface area contributed by atoms with Gasteiger partial charge in [0.15, 0.2) is 0 Å². The molecule has 1 aliphatic heterocycles. The van der Waals surface area contributed by atoms with E-state index >= 15 is 0 Å². The zero-order valence-corrected chi connectivity index (χ0v) is 14.0. The van der Waals surface area contributed by atoms with Crippen molar-refractivity contribution in [2.24, 2.45) is 29.1 Å². The third kappa shape index (κ3) is 1.53. The van der Waals surface area contributed by atoms with Crippen molar-refractivity contribution in [3.05, 3.63) is 22.8 Å². The van der Waals surface area contributed by atoms with E-state index in [0.717, 1.165) is 36.8 Å². The van der Waals surface area contributed by atoms with Gasteiger partial charge in [-0.25, -0.2) is 4.79 Å². The number of carbonyl (C=O) groups excluding carboxylic acids is 1. The summed E-state index contributed by atoms with van der Waals surface area (Å²) >= 11 is 0. The normalized spacial score (nSPS) is 50.2. The Morgan fingerprint density at radius 2 is 2.05 bits per heavy atom. The average Bonchev–Trinajstić information content (AvgIpc) is 2.86. The molecule has 6 atom stereocenters. The maximum Gasteiger partial charge on any atom is 0.337 e. The molecule has 1 heterocycles. The molecule has 22 heavy (non-hydrogen) atoms. The zero-order chi connectivity index (χ0) is 15.9. The van der Waals surface area contributed by atoms with Crippen LogP contribution in [0.4, 0.5) is 0 Å². The summed E-state index contributed by atoms with van der Waals surface area (Å²) in [6, 6.07) is 0. The summed E-state index contributed by atoms with van der Waals surface area (Å²) in [4.78, 5) is 12.5. The third-order valence-corrected chi connectivity index (χ3v) is 6.93. The first-order valence-corrected chi connectivity index (χ1v) is 8.65. The van der Waals surface area contributed by atoms with Crippen molar-refractivity contribution in [1.82, 2.24) is 0 Å². The molecule has 1 N–H and O–H groups in total. The van der Waals surface area contributed by atoms with Gasteiger partial charge in [-0.1, -0.05) is 32.4 Å². The highest BCUT2D eigenvalue weighted by Crippen LogP contribution is 2.63. The predicted molar refractivity (Wildman–Crippen MR) is 83.7 cm³/mol. The maximum atomic E-state index is 12.5. The van der Waals surface area contributed by atoms with E-state index in [4.69, 9.17) is 4.74 Å². The molecular weight excluding hydrogens is 276 g/mol. The molecule has 0 aromatic rings. The molecule has 0 aromatic carbocycles. The topological polar surface area (TPSA) is 46.5 Å². The van der Waals surface area contributed by atoms with Gasteiger partial charge in [-0.2, -0.15) is 0 Å². The summed E-state index contributed by atoms with van der Waals surface area (Å²) in [6.45, 7) is 8.62. The number of ether oxygens (including phenoxy) is 1. The van der Waals surface area contributed by atoms with Gasteiger partial charge < -0.3 is 9.84 Å². The van der Waals surface area contributed by atoms with Gasteiger partial charge in [0, 0.05) is 16.6 Å². The van der Waals surface area contributed by atoms with Gasteiger partial charge in [0.25, 0.3) is 0 Å². The number of hydrogen-bond acceptors (Lipinski definition) is 3. The zero-order valence-electron chi connectivity index (χ0n) is 14.0. The van der Waals surface area contributed by atoms with E-state index in [0.29, 0.717) is 11.8 Å². The fourth-order valence-electron chi connectivity index (χ4n) is 5.73. The Labute approximate surface area is 132 Å². The molecule has 120 valence electrons. The third-order valence-electron chi connectivity index (χ3n) is 6.93. The summed E-state index contributed by atoms with van der Waals surface area (Å²) in [6.07, 6.45) is 6.28. The number of fused-ring (bicyclic) bond motifs is 2. The van der Waals surface area contributed by atoms with Gasteiger partial charge in [0.2, 0.25) is 5.79 Å². The van der Waals surface area contributed by atoms with Crippen LogP contribution in [0.5, 0.6) is 0 Å². The van der Waals surface area contributed by atoms with Crippen LogP contribution in [0.25, 0.3) is 0 Å². The molecule has 0 saturated heterocycles. The summed E-state index contributed by atoms with van der Waals surface area (Å²) < 4.78 is 5.74. The highest BCUT2D eigenvalue weighted by Gasteiger charge is 2.66. The first kappa shape index (κ1) is 14.5. The van der Waals surface area contributed by atoms with E-state index < -0.39 is 11.2 Å². The van der Waals surface area contributed by atoms with Crippen LogP contribution in [0.2, 0.25) is 0 Å². The lowest BCUT2D eigenvalue weighted by atomic mass is 9.66. The predicted octanol–water partition coefficient (Wildman–Crippen LogP) is 3.59. The summed E-state index contributed by atoms with van der Waals surface area (Å²) in [5.74, 6) is -0.411. The van der Waals surface area contributed by atoms with Crippen molar-refractivity contribution in [2.45, 2.75) is 59.2 Å². The van der Waals surface area contributed by atoms with Crippen molar-refractivity contribution in [3.8, 4) is 0 Å². The SMILES string of the molecule is CC1=C[C@H]2C[C@H](C)[C@H]3CC[C@H](C)C4=C3[C@@](O)(OC4=O)[C@@]2(C)C1. The highest BCUT2D eigenvalue weighted by molar-refractivity contribution is 5.94. The summed E-state index contributed by atoms with van der Waals surface area (Å²) in [5.41, 5.74) is 2.62. The standard InChI is InChI=1S/C19H26O3/c1-10-7-13-8-12(3)14-6-5-11(2)15-16(14)19(21,22-17(15)20)18(13,4)9-10/h7,11-14,21H,5-6,8-9H2,1-4H3/t11-,12-,13-,14+,18-,19+/m0/s1. The van der Waals surface area contributed by atoms with Gasteiger partial charge in [0.1, 0.15) is 0 Å². The van der Waals surface area contributed by atoms with E-state index in [2.05, 4.69) is 33.8 Å². The van der Waals surface area contributed by atoms with E-state index in [1.54, 1.807) is 0 Å². The van der Waals surface area contributed by atoms with Crippen LogP contribution in [0, 0.1) is 29.1 Å². The summed E-state index contributed by atoms with van der Waals surface area (Å²) in [7, 11) is 0. The van der Waals surface area contributed by atoms with Crippen LogP contribution >= 0.6 is 0 Å². The van der Waals surface area contributed by atoms with E-state index in [1.807, 2.05) is 0 Å². The molecule has 0 radical (unpaired) electrons. The van der Waals surface area contributed by atoms with Crippen molar-refractivity contribution in [1.29, 1.82) is 0 Å². The second kappa shape index (κ2) is 4.25. The van der Waals surface area contributed by atoms with Crippen LogP contribution < -0.4 is 0 Å². The fraction of sp³-hybridized carbons (Fsp3) is 0.737. The van der Waals surface area contributed by atoms with Crippen LogP contribution in [0.1, 0.15) is 53.4 Å². The van der Waals surface area contributed by atoms with E-state index in [9.17, 15) is 9.90 Å². The fourth-order valence-corrected chi connectivity index (χ4v) is 5.73. The molecule has 1 fully saturated rings. The van der Waals surface area contributed by atoms with Gasteiger partial charge in [-0.15, -0.1) is 0 Å². The molecule has 3 aliphatic carbocycles. The second-order valence-corrected chi connectivity index (χ2v) is 8.37. The quantitative estimate of drug-likeness (QED) is 0.549. The Hall–Kier alpha value is -1.09. The Morgan fingerprint density at radius 3 is 2.77 bits per heavy atom. The molecule has 0 amide bonds. The average molecular weight is 302 g/mol. The monoisotopic (exact) mass is 302 g/mol.